The number of nitrogens with zero attached hydrogens (tertiary/aromatic N) is 4. The van der Waals surface area contributed by atoms with E-state index >= 15 is 0 Å². The summed E-state index contributed by atoms with van der Waals surface area (Å²) in [6.45, 7) is 8.14. The fourth-order valence-electron chi connectivity index (χ4n) is 3.89. The first-order valence-electron chi connectivity index (χ1n) is 10.3. The molecule has 1 aromatic carbocycles. The lowest BCUT2D eigenvalue weighted by molar-refractivity contribution is -0.131. The van der Waals surface area contributed by atoms with Crippen molar-refractivity contribution in [2.24, 2.45) is 0 Å². The molecule has 3 aromatic rings. The molecule has 3 heterocycles. The molecule has 1 aliphatic heterocycles. The van der Waals surface area contributed by atoms with Gasteiger partial charge in [0.25, 0.3) is 5.91 Å². The average molecular weight is 457 g/mol. The summed E-state index contributed by atoms with van der Waals surface area (Å²) in [5.74, 6) is 0.127. The maximum absolute atomic E-state index is 13.0. The third kappa shape index (κ3) is 4.52. The Morgan fingerprint density at radius 3 is 2.23 bits per heavy atom. The van der Waals surface area contributed by atoms with E-state index in [1.54, 1.807) is 0 Å². The molecule has 4 rings (SSSR count). The van der Waals surface area contributed by atoms with Crippen LogP contribution in [0.3, 0.4) is 0 Å². The van der Waals surface area contributed by atoms with E-state index in [0.717, 1.165) is 32.4 Å². The van der Waals surface area contributed by atoms with E-state index in [2.05, 4.69) is 5.10 Å². The quantitative estimate of drug-likeness (QED) is 0.595. The third-order valence-electron chi connectivity index (χ3n) is 5.71. The number of carbonyl (C=O) groups is 2. The van der Waals surface area contributed by atoms with E-state index in [-0.39, 0.29) is 11.8 Å². The Morgan fingerprint density at radius 1 is 0.968 bits per heavy atom. The number of amides is 2. The van der Waals surface area contributed by atoms with E-state index < -0.39 is 0 Å². The van der Waals surface area contributed by atoms with Crippen LogP contribution in [0.25, 0.3) is 5.69 Å². The van der Waals surface area contributed by atoms with Crippen LogP contribution in [-0.4, -0.2) is 57.6 Å². The second-order valence-electron chi connectivity index (χ2n) is 7.80. The highest BCUT2D eigenvalue weighted by atomic mass is 35.5. The minimum atomic E-state index is 0.0566. The SMILES string of the molecule is Cc1ccc(C(=O)N2CCN(C(=O)Cc3c(C)nn(-c4ccc(Cl)cc4)c3C)CC2)s1. The molecule has 0 atom stereocenters. The predicted molar refractivity (Wildman–Crippen MR) is 123 cm³/mol. The molecule has 6 nitrogen and oxygen atoms in total. The lowest BCUT2D eigenvalue weighted by Gasteiger charge is -2.34. The van der Waals surface area contributed by atoms with Gasteiger partial charge in [-0.25, -0.2) is 4.68 Å². The van der Waals surface area contributed by atoms with Crippen molar-refractivity contribution in [2.75, 3.05) is 26.2 Å². The number of benzene rings is 1. The number of carbonyl (C=O) groups excluding carboxylic acids is 2. The highest BCUT2D eigenvalue weighted by Crippen LogP contribution is 2.22. The maximum atomic E-state index is 13.0. The van der Waals surface area contributed by atoms with Crippen molar-refractivity contribution in [3.8, 4) is 5.69 Å². The van der Waals surface area contributed by atoms with Gasteiger partial charge in [0.05, 0.1) is 22.7 Å². The molecule has 8 heteroatoms. The summed E-state index contributed by atoms with van der Waals surface area (Å²) in [5, 5.41) is 5.30. The average Bonchev–Trinajstić information content (AvgIpc) is 3.32. The van der Waals surface area contributed by atoms with Crippen LogP contribution in [0.4, 0.5) is 0 Å². The van der Waals surface area contributed by atoms with E-state index in [9.17, 15) is 9.59 Å². The van der Waals surface area contributed by atoms with Gasteiger partial charge in [0.1, 0.15) is 0 Å². The van der Waals surface area contributed by atoms with Crippen LogP contribution in [0.5, 0.6) is 0 Å². The normalized spacial score (nSPS) is 14.2. The number of halogens is 1. The largest absolute Gasteiger partial charge is 0.339 e. The van der Waals surface area contributed by atoms with Crippen LogP contribution in [0.1, 0.15) is 31.5 Å². The first-order valence-corrected chi connectivity index (χ1v) is 11.5. The van der Waals surface area contributed by atoms with Crippen LogP contribution < -0.4 is 0 Å². The van der Waals surface area contributed by atoms with Crippen LogP contribution >= 0.6 is 22.9 Å². The van der Waals surface area contributed by atoms with Crippen molar-refractivity contribution in [3.05, 3.63) is 68.1 Å². The molecule has 1 saturated heterocycles. The Labute approximate surface area is 191 Å². The molecule has 2 aromatic heterocycles. The zero-order valence-electron chi connectivity index (χ0n) is 17.9. The molecule has 0 saturated carbocycles. The van der Waals surface area contributed by atoms with Crippen molar-refractivity contribution in [3.63, 3.8) is 0 Å². The molecule has 0 radical (unpaired) electrons. The smallest absolute Gasteiger partial charge is 0.264 e. The number of aryl methyl sites for hydroxylation is 2. The van der Waals surface area contributed by atoms with Gasteiger partial charge in [-0.2, -0.15) is 5.10 Å². The summed E-state index contributed by atoms with van der Waals surface area (Å²) in [6, 6.07) is 11.3. The molecule has 1 fully saturated rings. The van der Waals surface area contributed by atoms with Crippen LogP contribution in [0.2, 0.25) is 5.02 Å². The van der Waals surface area contributed by atoms with E-state index in [0.29, 0.717) is 37.6 Å². The molecule has 31 heavy (non-hydrogen) atoms. The molecule has 0 bridgehead atoms. The summed E-state index contributed by atoms with van der Waals surface area (Å²) < 4.78 is 1.86. The van der Waals surface area contributed by atoms with Crippen LogP contribution in [0.15, 0.2) is 36.4 Å². The molecule has 1 aliphatic rings. The first kappa shape index (κ1) is 21.6. The van der Waals surface area contributed by atoms with Gasteiger partial charge >= 0.3 is 0 Å². The van der Waals surface area contributed by atoms with Crippen molar-refractivity contribution >= 4 is 34.8 Å². The highest BCUT2D eigenvalue weighted by Gasteiger charge is 2.26. The Kier molecular flexibility index (Phi) is 6.16. The molecule has 162 valence electrons. The standard InChI is InChI=1S/C23H25ClN4O2S/c1-15-4-9-21(31-15)23(30)27-12-10-26(11-13-27)22(29)14-20-16(2)25-28(17(20)3)19-7-5-18(24)6-8-19/h4-9H,10-14H2,1-3H3. The summed E-state index contributed by atoms with van der Waals surface area (Å²) in [4.78, 5) is 31.2. The minimum absolute atomic E-state index is 0.0566. The van der Waals surface area contributed by atoms with Crippen molar-refractivity contribution in [2.45, 2.75) is 27.2 Å². The number of thiophene rings is 1. The molecule has 0 unspecified atom stereocenters. The molecule has 0 spiro atoms. The van der Waals surface area contributed by atoms with Gasteiger partial charge in [0.15, 0.2) is 0 Å². The summed E-state index contributed by atoms with van der Waals surface area (Å²) >= 11 is 7.51. The third-order valence-corrected chi connectivity index (χ3v) is 6.95. The zero-order valence-corrected chi connectivity index (χ0v) is 19.5. The Bertz CT molecular complexity index is 1110. The van der Waals surface area contributed by atoms with Gasteiger partial charge in [-0.3, -0.25) is 9.59 Å². The second kappa shape index (κ2) is 8.85. The Morgan fingerprint density at radius 2 is 1.61 bits per heavy atom. The van der Waals surface area contributed by atoms with Gasteiger partial charge in [-0.05, 0) is 57.2 Å². The Hall–Kier alpha value is -2.64. The lowest BCUT2D eigenvalue weighted by atomic mass is 10.1. The molecule has 0 aliphatic carbocycles. The number of piperazine rings is 1. The first-order chi connectivity index (χ1) is 14.8. The molecular weight excluding hydrogens is 432 g/mol. The zero-order chi connectivity index (χ0) is 22.1. The topological polar surface area (TPSA) is 58.4 Å². The van der Waals surface area contributed by atoms with E-state index in [1.807, 2.05) is 71.7 Å². The van der Waals surface area contributed by atoms with Gasteiger partial charge in [0, 0.05) is 47.3 Å². The fraction of sp³-hybridized carbons (Fsp3) is 0.348. The minimum Gasteiger partial charge on any atom is -0.339 e. The van der Waals surface area contributed by atoms with Crippen molar-refractivity contribution in [1.29, 1.82) is 0 Å². The molecule has 0 N–H and O–H groups in total. The van der Waals surface area contributed by atoms with Gasteiger partial charge in [0.2, 0.25) is 5.91 Å². The van der Waals surface area contributed by atoms with Crippen molar-refractivity contribution in [1.82, 2.24) is 19.6 Å². The monoisotopic (exact) mass is 456 g/mol. The number of rotatable bonds is 4. The van der Waals surface area contributed by atoms with Gasteiger partial charge < -0.3 is 9.80 Å². The maximum Gasteiger partial charge on any atom is 0.264 e. The van der Waals surface area contributed by atoms with Crippen molar-refractivity contribution < 1.29 is 9.59 Å². The van der Waals surface area contributed by atoms with E-state index in [1.165, 1.54) is 11.3 Å². The van der Waals surface area contributed by atoms with Crippen LogP contribution in [-0.2, 0) is 11.2 Å². The fourth-order valence-corrected chi connectivity index (χ4v) is 4.85. The highest BCUT2D eigenvalue weighted by molar-refractivity contribution is 7.13. The summed E-state index contributed by atoms with van der Waals surface area (Å²) in [6.07, 6.45) is 0.309. The second-order valence-corrected chi connectivity index (χ2v) is 9.52. The summed E-state index contributed by atoms with van der Waals surface area (Å²) in [5.41, 5.74) is 3.67. The number of aromatic nitrogens is 2. The number of hydrogen-bond acceptors (Lipinski definition) is 4. The van der Waals surface area contributed by atoms with Gasteiger partial charge in [-0.1, -0.05) is 11.6 Å². The lowest BCUT2D eigenvalue weighted by Crippen LogP contribution is -2.50. The number of hydrogen-bond donors (Lipinski definition) is 0. The predicted octanol–water partition coefficient (Wildman–Crippen LogP) is 4.04. The molecular formula is C23H25ClN4O2S. The van der Waals surface area contributed by atoms with Crippen LogP contribution in [0, 0.1) is 20.8 Å². The van der Waals surface area contributed by atoms with E-state index in [4.69, 9.17) is 11.6 Å². The summed E-state index contributed by atoms with van der Waals surface area (Å²) in [7, 11) is 0. The van der Waals surface area contributed by atoms with Gasteiger partial charge in [-0.15, -0.1) is 11.3 Å². The Balaban J connectivity index is 1.40. The molecule has 2 amide bonds.